The lowest BCUT2D eigenvalue weighted by Gasteiger charge is -2.05. The van der Waals surface area contributed by atoms with Crippen molar-refractivity contribution in [1.82, 2.24) is 15.0 Å². The van der Waals surface area contributed by atoms with Crippen molar-refractivity contribution < 1.29 is 4.79 Å². The van der Waals surface area contributed by atoms with E-state index in [1.165, 1.54) is 6.33 Å². The maximum atomic E-state index is 12.3. The molecule has 0 bridgehead atoms. The molecule has 0 atom stereocenters. The summed E-state index contributed by atoms with van der Waals surface area (Å²) in [5, 5.41) is 3.79. The van der Waals surface area contributed by atoms with E-state index in [0.29, 0.717) is 11.4 Å². The highest BCUT2D eigenvalue weighted by atomic mass is 79.9. The van der Waals surface area contributed by atoms with Crippen LogP contribution in [0.15, 0.2) is 59.3 Å². The van der Waals surface area contributed by atoms with Crippen molar-refractivity contribution >= 4 is 49.1 Å². The van der Waals surface area contributed by atoms with Gasteiger partial charge >= 0.3 is 0 Å². The number of aryl methyl sites for hydroxylation is 1. The molecule has 1 N–H and O–H groups in total. The van der Waals surface area contributed by atoms with Crippen LogP contribution in [0.25, 0.3) is 20.8 Å². The Morgan fingerprint density at radius 1 is 1.08 bits per heavy atom. The maximum absolute atomic E-state index is 12.3. The van der Waals surface area contributed by atoms with Gasteiger partial charge < -0.3 is 5.32 Å². The van der Waals surface area contributed by atoms with E-state index < -0.39 is 0 Å². The van der Waals surface area contributed by atoms with Crippen molar-refractivity contribution in [3.8, 4) is 10.6 Å². The van der Waals surface area contributed by atoms with Crippen molar-refractivity contribution in [3.05, 3.63) is 70.7 Å². The van der Waals surface area contributed by atoms with Crippen LogP contribution in [0.4, 0.5) is 5.69 Å². The third-order valence-corrected chi connectivity index (χ3v) is 5.35. The van der Waals surface area contributed by atoms with E-state index >= 15 is 0 Å². The lowest BCUT2D eigenvalue weighted by Crippen LogP contribution is -2.14. The summed E-state index contributed by atoms with van der Waals surface area (Å²) in [4.78, 5) is 24.9. The van der Waals surface area contributed by atoms with Crippen LogP contribution in [0, 0.1) is 6.92 Å². The van der Waals surface area contributed by atoms with Gasteiger partial charge in [0.1, 0.15) is 17.0 Å². The molecule has 2 heterocycles. The molecule has 0 saturated carbocycles. The van der Waals surface area contributed by atoms with Gasteiger partial charge in [0.05, 0.1) is 10.2 Å². The number of anilines is 1. The molecular weight excluding hydrogens is 412 g/mol. The average Bonchev–Trinajstić information content (AvgIpc) is 3.05. The number of halogens is 1. The highest BCUT2D eigenvalue weighted by Gasteiger charge is 2.10. The summed E-state index contributed by atoms with van der Waals surface area (Å²) in [6, 6.07) is 15.4. The van der Waals surface area contributed by atoms with E-state index in [0.717, 1.165) is 31.0 Å². The molecule has 0 radical (unpaired) electrons. The van der Waals surface area contributed by atoms with Crippen LogP contribution in [0.3, 0.4) is 0 Å². The SMILES string of the molecule is Cc1cc(C(=O)Nc2ccc(-c3nc4cc(Br)ccc4s3)cc2)ncn1. The molecule has 2 aromatic carbocycles. The smallest absolute Gasteiger partial charge is 0.274 e. The van der Waals surface area contributed by atoms with Crippen LogP contribution in [0.5, 0.6) is 0 Å². The molecule has 4 aromatic rings. The maximum Gasteiger partial charge on any atom is 0.274 e. The molecule has 1 amide bonds. The van der Waals surface area contributed by atoms with E-state index in [-0.39, 0.29) is 5.91 Å². The summed E-state index contributed by atoms with van der Waals surface area (Å²) in [6.45, 7) is 1.82. The number of aromatic nitrogens is 3. The number of hydrogen-bond donors (Lipinski definition) is 1. The number of rotatable bonds is 3. The van der Waals surface area contributed by atoms with Gasteiger partial charge in [-0.2, -0.15) is 0 Å². The standard InChI is InChI=1S/C19H13BrN4OS/c1-11-8-16(22-10-21-11)18(25)23-14-5-2-12(3-6-14)19-24-15-9-13(20)4-7-17(15)26-19/h2-10H,1H3,(H,23,25). The molecule has 4 rings (SSSR count). The lowest BCUT2D eigenvalue weighted by molar-refractivity contribution is 0.102. The van der Waals surface area contributed by atoms with Crippen molar-refractivity contribution in [2.45, 2.75) is 6.92 Å². The molecule has 26 heavy (non-hydrogen) atoms. The number of amides is 1. The van der Waals surface area contributed by atoms with E-state index in [1.54, 1.807) is 17.4 Å². The zero-order valence-corrected chi connectivity index (χ0v) is 16.1. The third-order valence-electron chi connectivity index (χ3n) is 3.78. The Morgan fingerprint density at radius 3 is 2.65 bits per heavy atom. The molecule has 0 aliphatic carbocycles. The van der Waals surface area contributed by atoms with Crippen LogP contribution in [-0.4, -0.2) is 20.9 Å². The molecule has 2 aromatic heterocycles. The largest absolute Gasteiger partial charge is 0.321 e. The summed E-state index contributed by atoms with van der Waals surface area (Å²) in [5.41, 5.74) is 3.79. The number of benzene rings is 2. The van der Waals surface area contributed by atoms with E-state index in [4.69, 9.17) is 0 Å². The molecule has 0 unspecified atom stereocenters. The van der Waals surface area contributed by atoms with Gasteiger partial charge in [-0.1, -0.05) is 15.9 Å². The van der Waals surface area contributed by atoms with Gasteiger partial charge in [-0.3, -0.25) is 4.79 Å². The summed E-state index contributed by atoms with van der Waals surface area (Å²) < 4.78 is 2.15. The second-order valence-electron chi connectivity index (χ2n) is 5.71. The van der Waals surface area contributed by atoms with Crippen molar-refractivity contribution in [2.24, 2.45) is 0 Å². The summed E-state index contributed by atoms with van der Waals surface area (Å²) in [7, 11) is 0. The monoisotopic (exact) mass is 424 g/mol. The first-order chi connectivity index (χ1) is 12.6. The molecule has 0 aliphatic rings. The first-order valence-corrected chi connectivity index (χ1v) is 9.46. The summed E-state index contributed by atoms with van der Waals surface area (Å²) >= 11 is 5.11. The quantitative estimate of drug-likeness (QED) is 0.497. The Balaban J connectivity index is 1.55. The lowest BCUT2D eigenvalue weighted by atomic mass is 10.2. The molecule has 5 nitrogen and oxygen atoms in total. The number of nitrogens with zero attached hydrogens (tertiary/aromatic N) is 3. The van der Waals surface area contributed by atoms with Crippen molar-refractivity contribution in [1.29, 1.82) is 0 Å². The fourth-order valence-electron chi connectivity index (χ4n) is 2.49. The Kier molecular flexibility index (Phi) is 4.48. The zero-order valence-electron chi connectivity index (χ0n) is 13.7. The number of fused-ring (bicyclic) bond motifs is 1. The van der Waals surface area contributed by atoms with Gasteiger partial charge in [0.15, 0.2) is 0 Å². The molecule has 0 spiro atoms. The highest BCUT2D eigenvalue weighted by molar-refractivity contribution is 9.10. The van der Waals surface area contributed by atoms with Crippen molar-refractivity contribution in [2.75, 3.05) is 5.32 Å². The van der Waals surface area contributed by atoms with Crippen LogP contribution < -0.4 is 5.32 Å². The molecular formula is C19H13BrN4OS. The van der Waals surface area contributed by atoms with E-state index in [9.17, 15) is 4.79 Å². The predicted molar refractivity (Wildman–Crippen MR) is 107 cm³/mol. The minimum Gasteiger partial charge on any atom is -0.321 e. The van der Waals surface area contributed by atoms with Gasteiger partial charge in [-0.15, -0.1) is 11.3 Å². The fourth-order valence-corrected chi connectivity index (χ4v) is 3.79. The van der Waals surface area contributed by atoms with Gasteiger partial charge in [-0.25, -0.2) is 15.0 Å². The predicted octanol–water partition coefficient (Wildman–Crippen LogP) is 5.08. The van der Waals surface area contributed by atoms with Gasteiger partial charge in [0, 0.05) is 21.4 Å². The Hall–Kier alpha value is -2.64. The Morgan fingerprint density at radius 2 is 1.88 bits per heavy atom. The van der Waals surface area contributed by atoms with Crippen LogP contribution in [-0.2, 0) is 0 Å². The van der Waals surface area contributed by atoms with Gasteiger partial charge in [0.2, 0.25) is 0 Å². The molecule has 0 fully saturated rings. The van der Waals surface area contributed by atoms with Gasteiger partial charge in [-0.05, 0) is 55.5 Å². The number of carbonyl (C=O) groups is 1. The Labute approximate surface area is 162 Å². The van der Waals surface area contributed by atoms with E-state index in [2.05, 4.69) is 42.3 Å². The first kappa shape index (κ1) is 16.8. The second-order valence-corrected chi connectivity index (χ2v) is 7.65. The number of hydrogen-bond acceptors (Lipinski definition) is 5. The normalized spacial score (nSPS) is 10.8. The number of carbonyl (C=O) groups excluding carboxylic acids is 1. The number of thiazole rings is 1. The second kappa shape index (κ2) is 6.93. The highest BCUT2D eigenvalue weighted by Crippen LogP contribution is 2.32. The first-order valence-electron chi connectivity index (χ1n) is 7.85. The minimum absolute atomic E-state index is 0.256. The third kappa shape index (κ3) is 3.49. The van der Waals surface area contributed by atoms with Crippen LogP contribution >= 0.6 is 27.3 Å². The summed E-state index contributed by atoms with van der Waals surface area (Å²) in [5.74, 6) is -0.256. The van der Waals surface area contributed by atoms with Crippen molar-refractivity contribution in [3.63, 3.8) is 0 Å². The fraction of sp³-hybridized carbons (Fsp3) is 0.0526. The zero-order chi connectivity index (χ0) is 18.1. The van der Waals surface area contributed by atoms with Crippen LogP contribution in [0.2, 0.25) is 0 Å². The molecule has 128 valence electrons. The average molecular weight is 425 g/mol. The molecule has 0 saturated heterocycles. The van der Waals surface area contributed by atoms with Gasteiger partial charge in [0.25, 0.3) is 5.91 Å². The van der Waals surface area contributed by atoms with Crippen LogP contribution in [0.1, 0.15) is 16.2 Å². The van der Waals surface area contributed by atoms with E-state index in [1.807, 2.05) is 43.3 Å². The topological polar surface area (TPSA) is 67.8 Å². The Bertz CT molecular complexity index is 1110. The summed E-state index contributed by atoms with van der Waals surface area (Å²) in [6.07, 6.45) is 1.39. The minimum atomic E-state index is -0.256. The molecule has 7 heteroatoms. The molecule has 0 aliphatic heterocycles. The number of nitrogens with one attached hydrogen (secondary N) is 1.